The van der Waals surface area contributed by atoms with Crippen LogP contribution in [0.2, 0.25) is 0 Å². The first-order chi connectivity index (χ1) is 26.0. The Labute approximate surface area is 313 Å². The molecule has 0 fully saturated rings. The molecule has 3 unspecified atom stereocenters. The van der Waals surface area contributed by atoms with E-state index in [4.69, 9.17) is 19.9 Å². The predicted molar refractivity (Wildman–Crippen MR) is 221 cm³/mol. The van der Waals surface area contributed by atoms with Gasteiger partial charge in [0.05, 0.1) is 43.1 Å². The fraction of sp³-hybridized carbons (Fsp3) is 0.130. The summed E-state index contributed by atoms with van der Waals surface area (Å²) in [5.74, 6) is 0.466. The van der Waals surface area contributed by atoms with Crippen LogP contribution in [0.1, 0.15) is 42.9 Å². The minimum atomic E-state index is -0.161. The van der Waals surface area contributed by atoms with Gasteiger partial charge in [-0.25, -0.2) is 19.9 Å². The number of para-hydroxylation sites is 1. The van der Waals surface area contributed by atoms with Crippen LogP contribution in [-0.2, 0) is 5.41 Å². The van der Waals surface area contributed by atoms with Crippen LogP contribution in [0.25, 0.3) is 88.8 Å². The highest BCUT2D eigenvalue weighted by Crippen LogP contribution is 2.54. The molecule has 0 saturated heterocycles. The lowest BCUT2D eigenvalue weighted by Gasteiger charge is -2.29. The van der Waals surface area contributed by atoms with E-state index in [2.05, 4.69) is 134 Å². The molecule has 5 nitrogen and oxygen atoms in total. The number of thiophene rings is 1. The third-order valence-corrected chi connectivity index (χ3v) is 14.4. The minimum Gasteiger partial charge on any atom is -0.291 e. The summed E-state index contributed by atoms with van der Waals surface area (Å²) < 4.78 is 3.49. The van der Waals surface area contributed by atoms with Crippen molar-refractivity contribution in [3.63, 3.8) is 0 Å². The lowest BCUT2D eigenvalue weighted by Crippen LogP contribution is -2.40. The van der Waals surface area contributed by atoms with Crippen molar-refractivity contribution in [3.05, 3.63) is 137 Å². The van der Waals surface area contributed by atoms with Crippen LogP contribution in [0.5, 0.6) is 0 Å². The van der Waals surface area contributed by atoms with Gasteiger partial charge >= 0.3 is 0 Å². The summed E-state index contributed by atoms with van der Waals surface area (Å²) in [6.07, 6.45) is 12.3. The second kappa shape index (κ2) is 10.7. The van der Waals surface area contributed by atoms with Gasteiger partial charge < -0.3 is 0 Å². The lowest BCUT2D eigenvalue weighted by atomic mass is 9.76. The van der Waals surface area contributed by atoms with Crippen LogP contribution in [-0.4, -0.2) is 29.6 Å². The fourth-order valence-corrected chi connectivity index (χ4v) is 11.6. The van der Waals surface area contributed by atoms with Crippen LogP contribution < -0.4 is 10.4 Å². The van der Waals surface area contributed by atoms with Crippen molar-refractivity contribution in [2.24, 2.45) is 0 Å². The number of nitrogens with zero attached hydrogens (tertiary/aromatic N) is 5. The van der Waals surface area contributed by atoms with Gasteiger partial charge in [0.1, 0.15) is 11.2 Å². The summed E-state index contributed by atoms with van der Waals surface area (Å²) in [6.45, 7) is 4.74. The first kappa shape index (κ1) is 29.9. The Balaban J connectivity index is 1.07. The Morgan fingerprint density at radius 3 is 2.57 bits per heavy atom. The average Bonchev–Trinajstić information content (AvgIpc) is 3.83. The van der Waals surface area contributed by atoms with Crippen LogP contribution in [0.4, 0.5) is 0 Å². The quantitative estimate of drug-likeness (QED) is 0.178. The maximum atomic E-state index is 5.44. The molecule has 252 valence electrons. The molecule has 3 atom stereocenters. The number of hydrogen-bond acceptors (Lipinski definition) is 6. The van der Waals surface area contributed by atoms with E-state index in [-0.39, 0.29) is 5.41 Å². The Bertz CT molecular complexity index is 3230. The monoisotopic (exact) mass is 717 g/mol. The average molecular weight is 718 g/mol. The minimum absolute atomic E-state index is 0.161. The van der Waals surface area contributed by atoms with Crippen molar-refractivity contribution in [1.29, 1.82) is 0 Å². The number of fused-ring (bicyclic) bond motifs is 13. The number of rotatable bonds is 2. The van der Waals surface area contributed by atoms with E-state index in [1.165, 1.54) is 37.5 Å². The zero-order chi connectivity index (χ0) is 35.0. The second-order valence-corrected chi connectivity index (χ2v) is 17.1. The highest BCUT2D eigenvalue weighted by atomic mass is 32.2. The molecule has 1 aliphatic heterocycles. The van der Waals surface area contributed by atoms with Gasteiger partial charge in [-0.1, -0.05) is 105 Å². The van der Waals surface area contributed by atoms with E-state index in [0.29, 0.717) is 11.2 Å². The Hall–Kier alpha value is -5.63. The molecule has 3 aliphatic rings. The van der Waals surface area contributed by atoms with Crippen LogP contribution >= 0.6 is 23.1 Å². The summed E-state index contributed by atoms with van der Waals surface area (Å²) in [4.78, 5) is 22.3. The Kier molecular flexibility index (Phi) is 6.05. The largest absolute Gasteiger partial charge is 0.291 e. The van der Waals surface area contributed by atoms with Gasteiger partial charge in [0.25, 0.3) is 0 Å². The van der Waals surface area contributed by atoms with Crippen molar-refractivity contribution < 1.29 is 0 Å². The highest BCUT2D eigenvalue weighted by molar-refractivity contribution is 8.01. The smallest absolute Gasteiger partial charge is 0.152 e. The summed E-state index contributed by atoms with van der Waals surface area (Å²) in [5, 5.41) is 5.10. The molecule has 7 heteroatoms. The molecule has 53 heavy (non-hydrogen) atoms. The second-order valence-electron chi connectivity index (χ2n) is 14.9. The third-order valence-electron chi connectivity index (χ3n) is 11.7. The van der Waals surface area contributed by atoms with Crippen molar-refractivity contribution in [3.8, 4) is 22.5 Å². The van der Waals surface area contributed by atoms with E-state index in [1.54, 1.807) is 17.7 Å². The molecule has 0 radical (unpaired) electrons. The van der Waals surface area contributed by atoms with Gasteiger partial charge in [0, 0.05) is 27.0 Å². The molecule has 0 spiro atoms. The van der Waals surface area contributed by atoms with Crippen molar-refractivity contribution in [2.45, 2.75) is 41.7 Å². The van der Waals surface area contributed by atoms with Gasteiger partial charge in [0.15, 0.2) is 5.65 Å². The van der Waals surface area contributed by atoms with Crippen LogP contribution in [0.3, 0.4) is 0 Å². The number of thioether (sulfide) groups is 1. The van der Waals surface area contributed by atoms with Crippen LogP contribution in [0.15, 0.2) is 114 Å². The number of pyridine rings is 2. The molecule has 0 bridgehead atoms. The first-order valence-electron chi connectivity index (χ1n) is 18.2. The van der Waals surface area contributed by atoms with Gasteiger partial charge in [-0.05, 0) is 75.4 Å². The number of aromatic nitrogens is 5. The van der Waals surface area contributed by atoms with Crippen molar-refractivity contribution in [1.82, 2.24) is 24.3 Å². The zero-order valence-corrected chi connectivity index (χ0v) is 30.7. The molecule has 2 aliphatic carbocycles. The Morgan fingerprint density at radius 1 is 0.830 bits per heavy atom. The summed E-state index contributed by atoms with van der Waals surface area (Å²) in [6, 6.07) is 35.4. The molecule has 6 heterocycles. The topological polar surface area (TPSA) is 56.0 Å². The number of allylic oxidation sites excluding steroid dienone is 1. The summed E-state index contributed by atoms with van der Waals surface area (Å²) >= 11 is 3.64. The van der Waals surface area contributed by atoms with Crippen LogP contribution in [0, 0.1) is 0 Å². The number of hydrogen-bond donors (Lipinski definition) is 0. The molecule has 5 aromatic heterocycles. The molecule has 12 rings (SSSR count). The zero-order valence-electron chi connectivity index (χ0n) is 29.0. The van der Waals surface area contributed by atoms with Crippen molar-refractivity contribution >= 4 is 89.3 Å². The number of imidazole rings is 1. The standard InChI is InChI=1S/C46H31N5S2/c1-25-8-7-12-29-19-36-38(21-32(25)29)51-37(22-34-42(44(51)49-36)52-39-20-28-9-3-4-11-31(28)23-46(34,39)2)26-14-16-27(17-15-26)40-43-41(48-24-47-40)33-18-30-10-5-6-13-35(30)50-45(33)53-43/h3-7,9-25,39H,8H2,1-2H3. The van der Waals surface area contributed by atoms with Gasteiger partial charge in [-0.3, -0.25) is 4.40 Å². The van der Waals surface area contributed by atoms with E-state index in [9.17, 15) is 0 Å². The SMILES string of the molecule is CC1CC=Cc2cc3nc4c5c(cc(-c6ccc(-c7ncnc8c7sc7nc9ccccc9cc78)cc6)n4c3cc21)C1(C)C=c2ccccc2=CC1S5. The van der Waals surface area contributed by atoms with E-state index < -0.39 is 0 Å². The maximum absolute atomic E-state index is 5.44. The van der Waals surface area contributed by atoms with E-state index in [0.717, 1.165) is 71.4 Å². The molecule has 0 N–H and O–H groups in total. The summed E-state index contributed by atoms with van der Waals surface area (Å²) in [7, 11) is 0. The predicted octanol–water partition coefficient (Wildman–Crippen LogP) is 10.1. The van der Waals surface area contributed by atoms with Gasteiger partial charge in [0.2, 0.25) is 0 Å². The third kappa shape index (κ3) is 4.20. The molecule has 0 amide bonds. The lowest BCUT2D eigenvalue weighted by molar-refractivity contribution is 0.672. The van der Waals surface area contributed by atoms with Gasteiger partial charge in [-0.15, -0.1) is 23.1 Å². The molecule has 0 saturated carbocycles. The normalized spacial score (nSPS) is 20.0. The number of benzene rings is 4. The molecule has 4 aromatic carbocycles. The molecule has 9 aromatic rings. The van der Waals surface area contributed by atoms with Gasteiger partial charge in [-0.2, -0.15) is 0 Å². The Morgan fingerprint density at radius 2 is 1.66 bits per heavy atom. The maximum Gasteiger partial charge on any atom is 0.152 e. The van der Waals surface area contributed by atoms with E-state index >= 15 is 0 Å². The fourth-order valence-electron chi connectivity index (χ4n) is 8.92. The molecular weight excluding hydrogens is 687 g/mol. The highest BCUT2D eigenvalue weighted by Gasteiger charge is 2.44. The van der Waals surface area contributed by atoms with Crippen molar-refractivity contribution in [2.75, 3.05) is 0 Å². The van der Waals surface area contributed by atoms with E-state index in [1.807, 2.05) is 17.8 Å². The first-order valence-corrected chi connectivity index (χ1v) is 19.9. The molecular formula is C46H31N5S2. The summed E-state index contributed by atoms with van der Waals surface area (Å²) in [5.41, 5.74) is 13.4.